The molecule has 4 aliphatic rings. The summed E-state index contributed by atoms with van der Waals surface area (Å²) in [5.74, 6) is -3.37. The van der Waals surface area contributed by atoms with Crippen LogP contribution in [0.25, 0.3) is 0 Å². The molecule has 3 saturated heterocycles. The number of carbonyl (C=O) groups excluding carboxylic acids is 1. The van der Waals surface area contributed by atoms with Gasteiger partial charge in [-0.25, -0.2) is 8.78 Å². The lowest BCUT2D eigenvalue weighted by molar-refractivity contribution is -0.163. The monoisotopic (exact) mass is 387 g/mol. The van der Waals surface area contributed by atoms with Crippen LogP contribution in [0.4, 0.5) is 8.78 Å². The van der Waals surface area contributed by atoms with Gasteiger partial charge < -0.3 is 19.3 Å². The average Bonchev–Trinajstić information content (AvgIpc) is 2.86. The zero-order valence-corrected chi connectivity index (χ0v) is 16.2. The molecule has 0 bridgehead atoms. The third-order valence-electron chi connectivity index (χ3n) is 6.50. The summed E-state index contributed by atoms with van der Waals surface area (Å²) in [6, 6.07) is 0. The third-order valence-corrected chi connectivity index (χ3v) is 6.50. The SMILES string of the molecule is CN1CCN(CC2CCC3(COCCN(C(=O)C4CC(F)(F)C4)C3)O2)CC1. The Hall–Kier alpha value is -0.830. The number of carbonyl (C=O) groups is 1. The minimum atomic E-state index is -2.67. The first-order chi connectivity index (χ1) is 12.8. The zero-order valence-electron chi connectivity index (χ0n) is 16.2. The molecule has 4 rings (SSSR count). The van der Waals surface area contributed by atoms with Crippen LogP contribution in [0.15, 0.2) is 0 Å². The summed E-state index contributed by atoms with van der Waals surface area (Å²) in [5, 5.41) is 0. The summed E-state index contributed by atoms with van der Waals surface area (Å²) in [7, 11) is 2.14. The molecule has 2 unspecified atom stereocenters. The predicted octanol–water partition coefficient (Wildman–Crippen LogP) is 1.06. The summed E-state index contributed by atoms with van der Waals surface area (Å²) < 4.78 is 38.5. The number of halogens is 2. The van der Waals surface area contributed by atoms with Gasteiger partial charge in [0.2, 0.25) is 11.8 Å². The number of hydrogen-bond acceptors (Lipinski definition) is 5. The van der Waals surface area contributed by atoms with Crippen molar-refractivity contribution in [2.24, 2.45) is 5.92 Å². The molecule has 0 aromatic rings. The second kappa shape index (κ2) is 7.54. The van der Waals surface area contributed by atoms with Gasteiger partial charge in [-0.05, 0) is 19.9 Å². The fourth-order valence-electron chi connectivity index (χ4n) is 4.75. The van der Waals surface area contributed by atoms with Gasteiger partial charge >= 0.3 is 0 Å². The van der Waals surface area contributed by atoms with Gasteiger partial charge in [0.1, 0.15) is 5.60 Å². The maximum absolute atomic E-state index is 13.2. The number of nitrogens with zero attached hydrogens (tertiary/aromatic N) is 3. The van der Waals surface area contributed by atoms with Crippen molar-refractivity contribution in [3.63, 3.8) is 0 Å². The molecule has 2 atom stereocenters. The maximum atomic E-state index is 13.2. The third kappa shape index (κ3) is 4.44. The van der Waals surface area contributed by atoms with Crippen LogP contribution in [0.3, 0.4) is 0 Å². The highest BCUT2D eigenvalue weighted by Crippen LogP contribution is 2.44. The van der Waals surface area contributed by atoms with Crippen molar-refractivity contribution >= 4 is 5.91 Å². The van der Waals surface area contributed by atoms with E-state index >= 15 is 0 Å². The average molecular weight is 387 g/mol. The molecular formula is C19H31F2N3O3. The smallest absolute Gasteiger partial charge is 0.249 e. The highest BCUT2D eigenvalue weighted by molar-refractivity contribution is 5.80. The number of ether oxygens (including phenoxy) is 2. The Morgan fingerprint density at radius 2 is 1.89 bits per heavy atom. The van der Waals surface area contributed by atoms with E-state index in [0.29, 0.717) is 26.3 Å². The van der Waals surface area contributed by atoms with Crippen molar-refractivity contribution in [2.45, 2.75) is 43.3 Å². The Balaban J connectivity index is 1.33. The van der Waals surface area contributed by atoms with Gasteiger partial charge in [0.15, 0.2) is 0 Å². The Labute approximate surface area is 159 Å². The molecule has 3 heterocycles. The topological polar surface area (TPSA) is 45.2 Å². The predicted molar refractivity (Wildman–Crippen MR) is 95.8 cm³/mol. The lowest BCUT2D eigenvalue weighted by Gasteiger charge is -2.39. The molecule has 1 aliphatic carbocycles. The molecule has 154 valence electrons. The highest BCUT2D eigenvalue weighted by atomic mass is 19.3. The van der Waals surface area contributed by atoms with Crippen LogP contribution in [-0.2, 0) is 14.3 Å². The second-order valence-electron chi connectivity index (χ2n) is 8.84. The van der Waals surface area contributed by atoms with Gasteiger partial charge in [0.05, 0.1) is 25.9 Å². The first-order valence-corrected chi connectivity index (χ1v) is 10.2. The number of likely N-dealkylation sites (N-methyl/N-ethyl adjacent to an activating group) is 1. The van der Waals surface area contributed by atoms with Gasteiger partial charge in [-0.2, -0.15) is 0 Å². The van der Waals surface area contributed by atoms with Crippen molar-refractivity contribution in [1.82, 2.24) is 14.7 Å². The van der Waals surface area contributed by atoms with Crippen molar-refractivity contribution in [3.8, 4) is 0 Å². The largest absolute Gasteiger partial charge is 0.377 e. The summed E-state index contributed by atoms with van der Waals surface area (Å²) in [4.78, 5) is 19.2. The van der Waals surface area contributed by atoms with E-state index in [2.05, 4.69) is 16.8 Å². The maximum Gasteiger partial charge on any atom is 0.249 e. The van der Waals surface area contributed by atoms with Crippen LogP contribution < -0.4 is 0 Å². The number of piperazine rings is 1. The van der Waals surface area contributed by atoms with E-state index in [1.54, 1.807) is 4.90 Å². The molecule has 4 fully saturated rings. The van der Waals surface area contributed by atoms with Crippen molar-refractivity contribution < 1.29 is 23.0 Å². The summed E-state index contributed by atoms with van der Waals surface area (Å²) in [6.07, 6.45) is 1.33. The minimum absolute atomic E-state index is 0.153. The molecule has 3 aliphatic heterocycles. The molecule has 0 aromatic carbocycles. The summed E-state index contributed by atoms with van der Waals surface area (Å²) in [5.41, 5.74) is -0.477. The second-order valence-corrected chi connectivity index (χ2v) is 8.84. The van der Waals surface area contributed by atoms with Crippen molar-refractivity contribution in [3.05, 3.63) is 0 Å². The fourth-order valence-corrected chi connectivity index (χ4v) is 4.75. The Kier molecular flexibility index (Phi) is 5.44. The van der Waals surface area contributed by atoms with E-state index in [1.165, 1.54) is 0 Å². The minimum Gasteiger partial charge on any atom is -0.377 e. The van der Waals surface area contributed by atoms with Gasteiger partial charge in [-0.15, -0.1) is 0 Å². The quantitative estimate of drug-likeness (QED) is 0.725. The molecule has 0 N–H and O–H groups in total. The van der Waals surface area contributed by atoms with E-state index < -0.39 is 17.4 Å². The zero-order chi connectivity index (χ0) is 19.1. The van der Waals surface area contributed by atoms with Crippen molar-refractivity contribution in [2.75, 3.05) is 66.1 Å². The lowest BCUT2D eigenvalue weighted by atomic mass is 9.80. The summed E-state index contributed by atoms with van der Waals surface area (Å²) >= 11 is 0. The fraction of sp³-hybridized carbons (Fsp3) is 0.947. The van der Waals surface area contributed by atoms with E-state index in [9.17, 15) is 13.6 Å². The molecule has 0 radical (unpaired) electrons. The van der Waals surface area contributed by atoms with Crippen molar-refractivity contribution in [1.29, 1.82) is 0 Å². The van der Waals surface area contributed by atoms with Gasteiger partial charge in [0.25, 0.3) is 0 Å². The van der Waals surface area contributed by atoms with Gasteiger partial charge in [0, 0.05) is 58.0 Å². The van der Waals surface area contributed by atoms with E-state index in [0.717, 1.165) is 45.6 Å². The standard InChI is InChI=1S/C19H31F2N3O3/c1-22-4-6-23(7-5-22)12-16-2-3-18(27-16)13-24(8-9-26-14-18)17(25)15-10-19(20,21)11-15/h15-16H,2-14H2,1H3. The van der Waals surface area contributed by atoms with Crippen LogP contribution in [-0.4, -0.2) is 104 Å². The van der Waals surface area contributed by atoms with Crippen LogP contribution in [0.1, 0.15) is 25.7 Å². The molecule has 8 heteroatoms. The lowest BCUT2D eigenvalue weighted by Crippen LogP contribution is -2.52. The molecule has 27 heavy (non-hydrogen) atoms. The van der Waals surface area contributed by atoms with Gasteiger partial charge in [-0.1, -0.05) is 0 Å². The number of amides is 1. The molecule has 6 nitrogen and oxygen atoms in total. The number of rotatable bonds is 3. The first-order valence-electron chi connectivity index (χ1n) is 10.2. The number of alkyl halides is 2. The van der Waals surface area contributed by atoms with Crippen LogP contribution in [0.2, 0.25) is 0 Å². The highest BCUT2D eigenvalue weighted by Gasteiger charge is 2.51. The van der Waals surface area contributed by atoms with Crippen LogP contribution in [0.5, 0.6) is 0 Å². The molecule has 0 aromatic heterocycles. The van der Waals surface area contributed by atoms with E-state index in [-0.39, 0.29) is 24.9 Å². The summed E-state index contributed by atoms with van der Waals surface area (Å²) in [6.45, 7) is 7.05. The Morgan fingerprint density at radius 1 is 1.15 bits per heavy atom. The molecular weight excluding hydrogens is 356 g/mol. The Bertz CT molecular complexity index is 548. The Morgan fingerprint density at radius 3 is 2.59 bits per heavy atom. The van der Waals surface area contributed by atoms with Gasteiger partial charge in [-0.3, -0.25) is 9.69 Å². The molecule has 1 amide bonds. The van der Waals surface area contributed by atoms with E-state index in [1.807, 2.05) is 0 Å². The normalized spacial score (nSPS) is 36.0. The number of hydrogen-bond donors (Lipinski definition) is 0. The first kappa shape index (κ1) is 19.5. The molecule has 1 spiro atoms. The molecule has 1 saturated carbocycles. The van der Waals surface area contributed by atoms with Crippen LogP contribution >= 0.6 is 0 Å². The van der Waals surface area contributed by atoms with Crippen LogP contribution in [0, 0.1) is 5.92 Å². The van der Waals surface area contributed by atoms with E-state index in [4.69, 9.17) is 9.47 Å².